The van der Waals surface area contributed by atoms with Gasteiger partial charge in [0.1, 0.15) is 13.2 Å². The number of nitrogens with zero attached hydrogens (tertiary/aromatic N) is 3. The molecular formula is C20H22N4O3S2. The van der Waals surface area contributed by atoms with Crippen molar-refractivity contribution in [2.45, 2.75) is 26.3 Å². The molecule has 0 bridgehead atoms. The quantitative estimate of drug-likeness (QED) is 0.680. The van der Waals surface area contributed by atoms with Crippen LogP contribution in [0.25, 0.3) is 10.2 Å². The zero-order valence-electron chi connectivity index (χ0n) is 16.1. The molecule has 0 spiro atoms. The smallest absolute Gasteiger partial charge is 0.229 e. The van der Waals surface area contributed by atoms with Crippen LogP contribution in [0.2, 0.25) is 0 Å². The van der Waals surface area contributed by atoms with Gasteiger partial charge in [0, 0.05) is 30.0 Å². The minimum Gasteiger partial charge on any atom is -0.486 e. The number of ether oxygens (including phenoxy) is 2. The third kappa shape index (κ3) is 4.08. The van der Waals surface area contributed by atoms with E-state index in [1.165, 1.54) is 11.3 Å². The number of anilines is 1. The first-order valence-electron chi connectivity index (χ1n) is 9.78. The highest BCUT2D eigenvalue weighted by molar-refractivity contribution is 7.22. The number of aryl methyl sites for hydroxylation is 1. The minimum atomic E-state index is 0.0234. The maximum atomic E-state index is 12.7. The summed E-state index contributed by atoms with van der Waals surface area (Å²) in [6.07, 6.45) is 1.71. The molecule has 0 radical (unpaired) electrons. The number of fused-ring (bicyclic) bond motifs is 2. The predicted octanol–water partition coefficient (Wildman–Crippen LogP) is 3.68. The summed E-state index contributed by atoms with van der Waals surface area (Å²) < 4.78 is 12.2. The van der Waals surface area contributed by atoms with Gasteiger partial charge in [-0.25, -0.2) is 9.97 Å². The van der Waals surface area contributed by atoms with Crippen molar-refractivity contribution in [1.82, 2.24) is 14.9 Å². The van der Waals surface area contributed by atoms with E-state index in [0.717, 1.165) is 64.9 Å². The molecule has 0 saturated carbocycles. The molecule has 7 nitrogen and oxygen atoms in total. The van der Waals surface area contributed by atoms with E-state index in [9.17, 15) is 4.79 Å². The molecule has 152 valence electrons. The van der Waals surface area contributed by atoms with Gasteiger partial charge in [-0.15, -0.1) is 11.3 Å². The summed E-state index contributed by atoms with van der Waals surface area (Å²) in [5.74, 6) is 1.54. The molecule has 9 heteroatoms. The normalized spacial score (nSPS) is 17.6. The molecule has 2 aliphatic rings. The van der Waals surface area contributed by atoms with Gasteiger partial charge in [-0.05, 0) is 32.9 Å². The number of benzene rings is 1. The van der Waals surface area contributed by atoms with Gasteiger partial charge in [-0.1, -0.05) is 11.3 Å². The summed E-state index contributed by atoms with van der Waals surface area (Å²) in [7, 11) is 0. The van der Waals surface area contributed by atoms with Gasteiger partial charge in [0.05, 0.1) is 20.9 Å². The van der Waals surface area contributed by atoms with E-state index in [-0.39, 0.29) is 11.8 Å². The number of nitrogens with one attached hydrogen (secondary N) is 1. The van der Waals surface area contributed by atoms with Gasteiger partial charge in [0.2, 0.25) is 5.91 Å². The molecule has 1 amide bonds. The third-order valence-corrected chi connectivity index (χ3v) is 7.05. The average Bonchev–Trinajstić information content (AvgIpc) is 3.31. The predicted molar refractivity (Wildman–Crippen MR) is 114 cm³/mol. The molecule has 1 N–H and O–H groups in total. The Morgan fingerprint density at radius 3 is 2.69 bits per heavy atom. The second kappa shape index (κ2) is 7.89. The third-order valence-electron chi connectivity index (χ3n) is 5.29. The second-order valence-corrected chi connectivity index (χ2v) is 9.47. The van der Waals surface area contributed by atoms with Crippen LogP contribution in [0.1, 0.15) is 23.5 Å². The highest BCUT2D eigenvalue weighted by Crippen LogP contribution is 2.38. The fraction of sp³-hybridized carbons (Fsp3) is 0.450. The van der Waals surface area contributed by atoms with Crippen molar-refractivity contribution < 1.29 is 14.3 Å². The molecule has 3 aromatic rings. The van der Waals surface area contributed by atoms with Crippen LogP contribution in [-0.2, 0) is 11.3 Å². The van der Waals surface area contributed by atoms with E-state index in [1.54, 1.807) is 11.3 Å². The summed E-state index contributed by atoms with van der Waals surface area (Å²) >= 11 is 3.16. The number of likely N-dealkylation sites (tertiary alicyclic amines) is 1. The standard InChI is InChI=1S/C20H22N4O3S2/c1-12-21-14(11-28-12)10-24-4-2-13(3-5-24)19(25)23-20-22-15-8-16-17(9-18(15)29-20)27-7-6-26-16/h8-9,11,13H,2-7,10H2,1H3,(H,22,23,25). The number of thiazole rings is 2. The maximum absolute atomic E-state index is 12.7. The number of rotatable bonds is 4. The lowest BCUT2D eigenvalue weighted by atomic mass is 9.96. The van der Waals surface area contributed by atoms with E-state index in [1.807, 2.05) is 19.1 Å². The lowest BCUT2D eigenvalue weighted by Crippen LogP contribution is -2.37. The van der Waals surface area contributed by atoms with Crippen molar-refractivity contribution in [1.29, 1.82) is 0 Å². The SMILES string of the molecule is Cc1nc(CN2CCC(C(=O)Nc3nc4cc5c(cc4s3)OCCO5)CC2)cs1. The number of hydrogen-bond donors (Lipinski definition) is 1. The molecule has 4 heterocycles. The first kappa shape index (κ1) is 18.8. The van der Waals surface area contributed by atoms with Gasteiger partial charge in [-0.3, -0.25) is 9.69 Å². The maximum Gasteiger partial charge on any atom is 0.229 e. The highest BCUT2D eigenvalue weighted by Gasteiger charge is 2.26. The first-order valence-corrected chi connectivity index (χ1v) is 11.5. The lowest BCUT2D eigenvalue weighted by molar-refractivity contribution is -0.121. The molecule has 2 aromatic heterocycles. The van der Waals surface area contributed by atoms with Gasteiger partial charge >= 0.3 is 0 Å². The molecule has 0 aliphatic carbocycles. The van der Waals surface area contributed by atoms with Crippen LogP contribution in [0, 0.1) is 12.8 Å². The van der Waals surface area contributed by atoms with Crippen molar-refractivity contribution in [2.75, 3.05) is 31.6 Å². The highest BCUT2D eigenvalue weighted by atomic mass is 32.1. The fourth-order valence-corrected chi connectivity index (χ4v) is 5.27. The van der Waals surface area contributed by atoms with Crippen LogP contribution in [0.15, 0.2) is 17.5 Å². The van der Waals surface area contributed by atoms with E-state index in [2.05, 4.69) is 25.6 Å². The van der Waals surface area contributed by atoms with E-state index in [4.69, 9.17) is 9.47 Å². The van der Waals surface area contributed by atoms with Crippen LogP contribution in [-0.4, -0.2) is 47.1 Å². The molecule has 0 atom stereocenters. The van der Waals surface area contributed by atoms with Crippen LogP contribution in [0.3, 0.4) is 0 Å². The van der Waals surface area contributed by atoms with Gasteiger partial charge in [0.15, 0.2) is 16.6 Å². The molecular weight excluding hydrogens is 408 g/mol. The van der Waals surface area contributed by atoms with Gasteiger partial charge in [-0.2, -0.15) is 0 Å². The Kier molecular flexibility index (Phi) is 5.11. The van der Waals surface area contributed by atoms with Crippen molar-refractivity contribution in [2.24, 2.45) is 5.92 Å². The largest absolute Gasteiger partial charge is 0.486 e. The van der Waals surface area contributed by atoms with Crippen molar-refractivity contribution in [3.05, 3.63) is 28.2 Å². The lowest BCUT2D eigenvalue weighted by Gasteiger charge is -2.30. The summed E-state index contributed by atoms with van der Waals surface area (Å²) in [5, 5.41) is 6.87. The molecule has 0 unspecified atom stereocenters. The number of piperidine rings is 1. The van der Waals surface area contributed by atoms with Crippen LogP contribution >= 0.6 is 22.7 Å². The minimum absolute atomic E-state index is 0.0234. The fourth-order valence-electron chi connectivity index (χ4n) is 3.79. The van der Waals surface area contributed by atoms with Crippen LogP contribution in [0.5, 0.6) is 11.5 Å². The molecule has 29 heavy (non-hydrogen) atoms. The summed E-state index contributed by atoms with van der Waals surface area (Å²) in [5.41, 5.74) is 1.95. The average molecular weight is 431 g/mol. The first-order chi connectivity index (χ1) is 14.1. The Bertz CT molecular complexity index is 997. The Morgan fingerprint density at radius 2 is 1.97 bits per heavy atom. The van der Waals surface area contributed by atoms with Crippen molar-refractivity contribution >= 4 is 43.9 Å². The number of carbonyl (C=O) groups is 1. The number of carbonyl (C=O) groups excluding carboxylic acids is 1. The molecule has 1 fully saturated rings. The summed E-state index contributed by atoms with van der Waals surface area (Å²) in [4.78, 5) is 24.2. The molecule has 1 aromatic carbocycles. The van der Waals surface area contributed by atoms with Crippen LogP contribution in [0.4, 0.5) is 5.13 Å². The molecule has 5 rings (SSSR count). The number of aromatic nitrogens is 2. The van der Waals surface area contributed by atoms with E-state index in [0.29, 0.717) is 18.3 Å². The second-order valence-electron chi connectivity index (χ2n) is 7.38. The van der Waals surface area contributed by atoms with Crippen LogP contribution < -0.4 is 14.8 Å². The Balaban J connectivity index is 1.19. The summed E-state index contributed by atoms with van der Waals surface area (Å²) in [6.45, 7) is 5.83. The van der Waals surface area contributed by atoms with E-state index >= 15 is 0 Å². The monoisotopic (exact) mass is 430 g/mol. The van der Waals surface area contributed by atoms with Gasteiger partial charge in [0.25, 0.3) is 0 Å². The van der Waals surface area contributed by atoms with E-state index < -0.39 is 0 Å². The Hall–Kier alpha value is -2.23. The Labute approximate surface area is 176 Å². The van der Waals surface area contributed by atoms with Crippen molar-refractivity contribution in [3.63, 3.8) is 0 Å². The topological polar surface area (TPSA) is 76.6 Å². The molecule has 1 saturated heterocycles. The summed E-state index contributed by atoms with van der Waals surface area (Å²) in [6, 6.07) is 3.82. The van der Waals surface area contributed by atoms with Gasteiger partial charge < -0.3 is 14.8 Å². The molecule has 2 aliphatic heterocycles. The number of hydrogen-bond acceptors (Lipinski definition) is 8. The zero-order valence-corrected chi connectivity index (χ0v) is 17.8. The van der Waals surface area contributed by atoms with Crippen molar-refractivity contribution in [3.8, 4) is 11.5 Å². The Morgan fingerprint density at radius 1 is 1.21 bits per heavy atom. The number of amides is 1. The zero-order chi connectivity index (χ0) is 19.8.